The van der Waals surface area contributed by atoms with E-state index < -0.39 is 18.3 Å². The van der Waals surface area contributed by atoms with Gasteiger partial charge in [0.2, 0.25) is 0 Å². The monoisotopic (exact) mass is 744 g/mol. The van der Waals surface area contributed by atoms with Gasteiger partial charge in [-0.25, -0.2) is 0 Å². The molecule has 0 aromatic heterocycles. The standard InChI is InChI=1S/C21H13.C10H7.C6H4Cl.C5H5.CH2.2ClH.Zr/c1-2-8-15-14(7-1)13-20-18-11-4-3-9-16(18)17-10-5-6-12-19(17)21(15)20;1-2-6-10-8-4-3-7-9(10)5-1;7-6-4-2-1-3-5-6;1-2-4-5-3-1;;;;/h1-10,12H,13H2;1-7H;1-2,4-5H;1-3H,4H2;1H2;2*1H;. The topological polar surface area (TPSA) is 0 Å². The molecule has 0 saturated heterocycles. The molecule has 0 radical (unpaired) electrons. The van der Waals surface area contributed by atoms with Crippen molar-refractivity contribution in [2.45, 2.75) is 12.8 Å². The molecule has 7 aromatic rings. The van der Waals surface area contributed by atoms with Crippen LogP contribution in [0.5, 0.6) is 0 Å². The number of hydrogen-bond donors (Lipinski definition) is 0. The van der Waals surface area contributed by atoms with Crippen molar-refractivity contribution in [3.8, 4) is 11.1 Å². The summed E-state index contributed by atoms with van der Waals surface area (Å²) in [6, 6.07) is 49.4. The Morgan fingerprint density at radius 1 is 0.617 bits per heavy atom. The maximum absolute atomic E-state index is 6.93. The van der Waals surface area contributed by atoms with Gasteiger partial charge in [0.25, 0.3) is 0 Å². The Labute approximate surface area is 293 Å². The van der Waals surface area contributed by atoms with Gasteiger partial charge >= 0.3 is 271 Å². The van der Waals surface area contributed by atoms with Crippen molar-refractivity contribution in [3.05, 3.63) is 171 Å². The Morgan fingerprint density at radius 2 is 1.28 bits per heavy atom. The second kappa shape index (κ2) is 11.8. The molecule has 7 aromatic carbocycles. The zero-order valence-corrected chi connectivity index (χ0v) is 30.6. The van der Waals surface area contributed by atoms with Crippen molar-refractivity contribution >= 4 is 82.8 Å². The quantitative estimate of drug-likeness (QED) is 0.157. The van der Waals surface area contributed by atoms with E-state index in [-0.39, 0.29) is 24.8 Å². The molecule has 9 rings (SSSR count). The van der Waals surface area contributed by atoms with Gasteiger partial charge in [0.05, 0.1) is 0 Å². The third kappa shape index (κ3) is 4.34. The van der Waals surface area contributed by atoms with Crippen molar-refractivity contribution in [1.29, 1.82) is 0 Å². The number of fused-ring (bicyclic) bond motifs is 9. The fourth-order valence-corrected chi connectivity index (χ4v) is 25.2. The van der Waals surface area contributed by atoms with Crippen LogP contribution in [0.15, 0.2) is 155 Å². The van der Waals surface area contributed by atoms with E-state index in [1.807, 2.05) is 6.07 Å². The van der Waals surface area contributed by atoms with Crippen molar-refractivity contribution in [2.75, 3.05) is 0 Å². The van der Waals surface area contributed by atoms with E-state index in [0.717, 1.165) is 17.9 Å². The summed E-state index contributed by atoms with van der Waals surface area (Å²) < 4.78 is 11.2. The zero-order chi connectivity index (χ0) is 30.2. The molecular formula is C43H33Cl3Zr. The molecular weight excluding hydrogens is 714 g/mol. The molecule has 47 heavy (non-hydrogen) atoms. The van der Waals surface area contributed by atoms with Gasteiger partial charge in [-0.05, 0) is 0 Å². The van der Waals surface area contributed by atoms with E-state index in [0.29, 0.717) is 0 Å². The van der Waals surface area contributed by atoms with Crippen molar-refractivity contribution in [2.24, 2.45) is 0 Å². The van der Waals surface area contributed by atoms with Crippen LogP contribution < -0.4 is 9.81 Å². The molecule has 0 atom stereocenters. The van der Waals surface area contributed by atoms with Crippen LogP contribution in [-0.4, -0.2) is 4.21 Å². The Hall–Kier alpha value is -3.58. The molecule has 0 saturated carbocycles. The van der Waals surface area contributed by atoms with Gasteiger partial charge in [-0.3, -0.25) is 0 Å². The Balaban J connectivity index is 0.00000176. The van der Waals surface area contributed by atoms with Crippen LogP contribution in [0.4, 0.5) is 0 Å². The minimum absolute atomic E-state index is 0. The predicted octanol–water partition coefficient (Wildman–Crippen LogP) is 10.5. The van der Waals surface area contributed by atoms with E-state index in [2.05, 4.69) is 146 Å². The van der Waals surface area contributed by atoms with Crippen LogP contribution in [0, 0.1) is 0 Å². The first-order valence-electron chi connectivity index (χ1n) is 15.8. The molecule has 0 unspecified atom stereocenters. The minimum atomic E-state index is -5.06. The molecule has 2 aliphatic carbocycles. The number of hydrogen-bond acceptors (Lipinski definition) is 0. The van der Waals surface area contributed by atoms with Gasteiger partial charge < -0.3 is 0 Å². The van der Waals surface area contributed by atoms with Crippen molar-refractivity contribution in [3.63, 3.8) is 0 Å². The van der Waals surface area contributed by atoms with Gasteiger partial charge in [-0.15, -0.1) is 24.8 Å². The molecule has 0 heterocycles. The van der Waals surface area contributed by atoms with Crippen LogP contribution in [0.1, 0.15) is 17.5 Å². The average molecular weight is 747 g/mol. The molecule has 0 amide bonds. The van der Waals surface area contributed by atoms with Crippen molar-refractivity contribution < 1.29 is 18.3 Å². The molecule has 0 nitrogen and oxygen atoms in total. The summed E-state index contributed by atoms with van der Waals surface area (Å²) in [5.41, 5.74) is 5.56. The van der Waals surface area contributed by atoms with Crippen LogP contribution in [0.3, 0.4) is 0 Å². The summed E-state index contributed by atoms with van der Waals surface area (Å²) in [4.78, 5) is 0. The maximum atomic E-state index is 6.93. The first-order valence-corrected chi connectivity index (χ1v) is 22.8. The SMILES string of the molecule is Cl.Cl.[CH2]=[Zr]([C]1=CC=CC1)([c]1cccc(Cl)c1)([c]1cccc2ccccc12)[c]1cccc2c1c1c(c3ccccc32)-c2ccccc2C1. The number of rotatable bonds is 4. The zero-order valence-electron chi connectivity index (χ0n) is 25.7. The third-order valence-electron chi connectivity index (χ3n) is 10.7. The van der Waals surface area contributed by atoms with E-state index in [9.17, 15) is 0 Å². The number of benzene rings is 7. The molecule has 0 spiro atoms. The number of allylic oxidation sites excluding steroid dienone is 4. The summed E-state index contributed by atoms with van der Waals surface area (Å²) in [7, 11) is 0. The molecule has 0 aliphatic heterocycles. The summed E-state index contributed by atoms with van der Waals surface area (Å²) >= 11 is 1.88. The van der Waals surface area contributed by atoms with E-state index in [1.165, 1.54) is 67.7 Å². The van der Waals surface area contributed by atoms with Crippen LogP contribution in [0.2, 0.25) is 5.02 Å². The van der Waals surface area contributed by atoms with Gasteiger partial charge in [0.15, 0.2) is 0 Å². The molecule has 4 heteroatoms. The Kier molecular flexibility index (Phi) is 8.06. The fourth-order valence-electron chi connectivity index (χ4n) is 8.76. The second-order valence-corrected chi connectivity index (χ2v) is 26.0. The third-order valence-corrected chi connectivity index (χ3v) is 27.2. The van der Waals surface area contributed by atoms with E-state index >= 15 is 0 Å². The summed E-state index contributed by atoms with van der Waals surface area (Å²) in [5.74, 6) is 0. The normalized spacial score (nSPS) is 13.6. The number of halogens is 3. The average Bonchev–Trinajstić information content (AvgIpc) is 3.78. The second-order valence-electron chi connectivity index (χ2n) is 12.8. The fraction of sp³-hybridized carbons (Fsp3) is 0.0465. The van der Waals surface area contributed by atoms with E-state index in [1.54, 1.807) is 0 Å². The van der Waals surface area contributed by atoms with Gasteiger partial charge in [0, 0.05) is 0 Å². The van der Waals surface area contributed by atoms with Gasteiger partial charge in [-0.2, -0.15) is 0 Å². The summed E-state index contributed by atoms with van der Waals surface area (Å²) in [6.45, 7) is 0. The molecule has 0 fully saturated rings. The van der Waals surface area contributed by atoms with Gasteiger partial charge in [-0.1, -0.05) is 0 Å². The summed E-state index contributed by atoms with van der Waals surface area (Å²) in [6.07, 6.45) is 8.73. The van der Waals surface area contributed by atoms with Crippen molar-refractivity contribution in [1.82, 2.24) is 0 Å². The predicted molar refractivity (Wildman–Crippen MR) is 207 cm³/mol. The van der Waals surface area contributed by atoms with E-state index in [4.69, 9.17) is 15.8 Å². The van der Waals surface area contributed by atoms with Crippen LogP contribution in [0.25, 0.3) is 43.4 Å². The molecule has 2 aliphatic rings. The first-order chi connectivity index (χ1) is 22.1. The molecule has 0 bridgehead atoms. The van der Waals surface area contributed by atoms with Gasteiger partial charge in [0.1, 0.15) is 0 Å². The summed E-state index contributed by atoms with van der Waals surface area (Å²) in [5, 5.41) is 8.61. The Morgan fingerprint density at radius 3 is 2.09 bits per heavy atom. The molecule has 0 N–H and O–H groups in total. The van der Waals surface area contributed by atoms with Crippen LogP contribution >= 0.6 is 36.4 Å². The Bertz CT molecular complexity index is 2520. The molecule has 230 valence electrons. The first kappa shape index (κ1) is 32.0. The van der Waals surface area contributed by atoms with Crippen LogP contribution in [-0.2, 0) is 24.7 Å².